The normalized spacial score (nSPS) is 18.6. The lowest BCUT2D eigenvalue weighted by Crippen LogP contribution is -2.44. The number of fused-ring (bicyclic) bond motifs is 2. The molecule has 0 saturated carbocycles. The summed E-state index contributed by atoms with van der Waals surface area (Å²) in [5.41, 5.74) is 3.00. The van der Waals surface area contributed by atoms with E-state index in [0.29, 0.717) is 67.7 Å². The maximum Gasteiger partial charge on any atom is 0.320 e. The molecule has 0 aliphatic carbocycles. The maximum atomic E-state index is 13.4. The second kappa shape index (κ2) is 10.1. The molecule has 3 aromatic rings. The van der Waals surface area contributed by atoms with Gasteiger partial charge in [-0.25, -0.2) is 9.78 Å². The standard InChI is InChI=1S/C27H31N7O4/c1-38-22-14-17-8-11-32(27(37)33-12-9-19(35)16-33)15-18(17)13-20(22)26(36)29-23-6-4-5-21(28-23)25-31-30-24-7-2-3-10-34(24)25/h4-6,13-14,19,35H,2-3,7-12,15-16H2,1H3,(H,28,29,36)/t19-/m1/s1. The van der Waals surface area contributed by atoms with Crippen LogP contribution in [0.25, 0.3) is 11.5 Å². The van der Waals surface area contributed by atoms with E-state index in [2.05, 4.69) is 25.1 Å². The largest absolute Gasteiger partial charge is 0.496 e. The minimum Gasteiger partial charge on any atom is -0.496 e. The molecule has 0 unspecified atom stereocenters. The molecular weight excluding hydrogens is 486 g/mol. The number of nitrogens with zero attached hydrogens (tertiary/aromatic N) is 6. The molecule has 0 spiro atoms. The Morgan fingerprint density at radius 1 is 1.05 bits per heavy atom. The van der Waals surface area contributed by atoms with Gasteiger partial charge in [0, 0.05) is 39.1 Å². The number of ether oxygens (including phenoxy) is 1. The molecule has 1 aromatic carbocycles. The molecule has 2 N–H and O–H groups in total. The minimum absolute atomic E-state index is 0.0781. The highest BCUT2D eigenvalue weighted by Gasteiger charge is 2.31. The number of carbonyl (C=O) groups excluding carboxylic acids is 2. The van der Waals surface area contributed by atoms with Crippen LogP contribution in [0.1, 0.15) is 46.6 Å². The summed E-state index contributed by atoms with van der Waals surface area (Å²) in [7, 11) is 1.54. The van der Waals surface area contributed by atoms with Gasteiger partial charge >= 0.3 is 6.03 Å². The van der Waals surface area contributed by atoms with Crippen molar-refractivity contribution in [1.29, 1.82) is 0 Å². The first-order valence-electron chi connectivity index (χ1n) is 13.1. The second-order valence-corrected chi connectivity index (χ2v) is 10.1. The van der Waals surface area contributed by atoms with Crippen molar-refractivity contribution >= 4 is 17.8 Å². The SMILES string of the molecule is COc1cc2c(cc1C(=O)Nc1cccc(-c3nnc4n3CCCC4)n1)CN(C(=O)N1CC[C@@H](O)C1)CC2. The van der Waals surface area contributed by atoms with Crippen LogP contribution in [-0.4, -0.2) is 79.4 Å². The highest BCUT2D eigenvalue weighted by Crippen LogP contribution is 2.30. The van der Waals surface area contributed by atoms with Crippen molar-refractivity contribution in [2.24, 2.45) is 0 Å². The van der Waals surface area contributed by atoms with Crippen LogP contribution < -0.4 is 10.1 Å². The third-order valence-corrected chi connectivity index (χ3v) is 7.56. The van der Waals surface area contributed by atoms with Crippen molar-refractivity contribution in [3.63, 3.8) is 0 Å². The molecule has 2 aromatic heterocycles. The third kappa shape index (κ3) is 4.58. The van der Waals surface area contributed by atoms with Crippen molar-refractivity contribution in [3.05, 3.63) is 52.8 Å². The number of aromatic nitrogens is 4. The Morgan fingerprint density at radius 3 is 2.76 bits per heavy atom. The number of aryl methyl sites for hydroxylation is 1. The number of rotatable bonds is 4. The zero-order valence-electron chi connectivity index (χ0n) is 21.4. The quantitative estimate of drug-likeness (QED) is 0.545. The molecule has 6 rings (SSSR count). The topological polar surface area (TPSA) is 126 Å². The summed E-state index contributed by atoms with van der Waals surface area (Å²) < 4.78 is 7.66. The number of β-amino-alcohol motifs (C(OH)–C–C–N with tert-alkyl or cyclic N) is 1. The molecule has 5 heterocycles. The Bertz CT molecular complexity index is 1390. The number of carbonyl (C=O) groups is 2. The molecule has 1 atom stereocenters. The number of nitrogens with one attached hydrogen (secondary N) is 1. The zero-order chi connectivity index (χ0) is 26.2. The van der Waals surface area contributed by atoms with Crippen molar-refractivity contribution in [1.82, 2.24) is 29.5 Å². The molecule has 0 bridgehead atoms. The Kier molecular flexibility index (Phi) is 6.44. The average molecular weight is 518 g/mol. The zero-order valence-corrected chi connectivity index (χ0v) is 21.4. The Morgan fingerprint density at radius 2 is 1.95 bits per heavy atom. The van der Waals surface area contributed by atoms with Gasteiger partial charge in [0.05, 0.1) is 18.8 Å². The molecule has 3 aliphatic rings. The number of amides is 3. The van der Waals surface area contributed by atoms with Gasteiger partial charge in [0.25, 0.3) is 5.91 Å². The van der Waals surface area contributed by atoms with E-state index in [1.54, 1.807) is 29.0 Å². The molecular formula is C27H31N7O4. The summed E-state index contributed by atoms with van der Waals surface area (Å²) >= 11 is 0. The van der Waals surface area contributed by atoms with E-state index in [-0.39, 0.29) is 11.9 Å². The van der Waals surface area contributed by atoms with Crippen LogP contribution in [-0.2, 0) is 25.9 Å². The molecule has 0 radical (unpaired) electrons. The number of aliphatic hydroxyl groups is 1. The number of pyridine rings is 1. The van der Waals surface area contributed by atoms with Gasteiger partial charge in [0.15, 0.2) is 5.82 Å². The van der Waals surface area contributed by atoms with E-state index >= 15 is 0 Å². The van der Waals surface area contributed by atoms with E-state index in [1.165, 1.54) is 0 Å². The van der Waals surface area contributed by atoms with Crippen LogP contribution in [0, 0.1) is 0 Å². The summed E-state index contributed by atoms with van der Waals surface area (Å²) in [6.07, 6.45) is 3.91. The van der Waals surface area contributed by atoms with Crippen LogP contribution in [0.3, 0.4) is 0 Å². The van der Waals surface area contributed by atoms with Gasteiger partial charge in [0.1, 0.15) is 23.1 Å². The van der Waals surface area contributed by atoms with E-state index < -0.39 is 6.10 Å². The summed E-state index contributed by atoms with van der Waals surface area (Å²) in [5, 5.41) is 21.4. The fourth-order valence-corrected chi connectivity index (χ4v) is 5.52. The maximum absolute atomic E-state index is 13.4. The summed E-state index contributed by atoms with van der Waals surface area (Å²) in [6.45, 7) is 2.76. The number of hydrogen-bond acceptors (Lipinski definition) is 7. The van der Waals surface area contributed by atoms with E-state index in [9.17, 15) is 14.7 Å². The third-order valence-electron chi connectivity index (χ3n) is 7.56. The lowest BCUT2D eigenvalue weighted by Gasteiger charge is -2.32. The number of aliphatic hydroxyl groups excluding tert-OH is 1. The minimum atomic E-state index is -0.460. The first-order valence-corrected chi connectivity index (χ1v) is 13.1. The highest BCUT2D eigenvalue weighted by molar-refractivity contribution is 6.06. The van der Waals surface area contributed by atoms with Crippen LogP contribution in [0.2, 0.25) is 0 Å². The lowest BCUT2D eigenvalue weighted by molar-refractivity contribution is 0.102. The molecule has 11 heteroatoms. The summed E-state index contributed by atoms with van der Waals surface area (Å²) in [5.74, 6) is 2.21. The van der Waals surface area contributed by atoms with Crippen LogP contribution in [0.15, 0.2) is 30.3 Å². The predicted molar refractivity (Wildman–Crippen MR) is 139 cm³/mol. The predicted octanol–water partition coefficient (Wildman–Crippen LogP) is 2.48. The number of methoxy groups -OCH3 is 1. The molecule has 198 valence electrons. The fraction of sp³-hybridized carbons (Fsp3) is 0.444. The van der Waals surface area contributed by atoms with Gasteiger partial charge in [-0.05, 0) is 61.1 Å². The molecule has 3 aliphatic heterocycles. The fourth-order valence-electron chi connectivity index (χ4n) is 5.52. The number of urea groups is 1. The Balaban J connectivity index is 1.22. The number of likely N-dealkylation sites (tertiary alicyclic amines) is 1. The number of anilines is 1. The van der Waals surface area contributed by atoms with Crippen molar-refractivity contribution in [2.45, 2.75) is 51.3 Å². The summed E-state index contributed by atoms with van der Waals surface area (Å²) in [6, 6.07) is 9.06. The van der Waals surface area contributed by atoms with Crippen molar-refractivity contribution in [3.8, 4) is 17.3 Å². The summed E-state index contributed by atoms with van der Waals surface area (Å²) in [4.78, 5) is 34.5. The van der Waals surface area contributed by atoms with E-state index in [1.807, 2.05) is 18.2 Å². The lowest BCUT2D eigenvalue weighted by atomic mass is 9.96. The average Bonchev–Trinajstić information content (AvgIpc) is 3.58. The van der Waals surface area contributed by atoms with E-state index in [4.69, 9.17) is 4.74 Å². The van der Waals surface area contributed by atoms with Crippen LogP contribution >= 0.6 is 0 Å². The molecule has 11 nitrogen and oxygen atoms in total. The van der Waals surface area contributed by atoms with Crippen LogP contribution in [0.5, 0.6) is 5.75 Å². The van der Waals surface area contributed by atoms with Gasteiger partial charge in [-0.15, -0.1) is 10.2 Å². The molecule has 3 amide bonds. The van der Waals surface area contributed by atoms with Gasteiger partial charge in [-0.3, -0.25) is 4.79 Å². The monoisotopic (exact) mass is 517 g/mol. The highest BCUT2D eigenvalue weighted by atomic mass is 16.5. The molecule has 1 saturated heterocycles. The smallest absolute Gasteiger partial charge is 0.320 e. The van der Waals surface area contributed by atoms with Crippen LogP contribution in [0.4, 0.5) is 10.6 Å². The van der Waals surface area contributed by atoms with Crippen molar-refractivity contribution in [2.75, 3.05) is 32.1 Å². The Labute approximate surface area is 220 Å². The Hall–Kier alpha value is -3.99. The second-order valence-electron chi connectivity index (χ2n) is 10.1. The van der Waals surface area contributed by atoms with E-state index in [0.717, 1.165) is 42.8 Å². The van der Waals surface area contributed by atoms with Gasteiger partial charge in [0.2, 0.25) is 0 Å². The van der Waals surface area contributed by atoms with Gasteiger partial charge in [-0.2, -0.15) is 0 Å². The van der Waals surface area contributed by atoms with Gasteiger partial charge in [-0.1, -0.05) is 6.07 Å². The first kappa shape index (κ1) is 24.4. The van der Waals surface area contributed by atoms with Gasteiger partial charge < -0.3 is 29.5 Å². The first-order chi connectivity index (χ1) is 18.5. The number of benzene rings is 1. The molecule has 1 fully saturated rings. The number of hydrogen-bond donors (Lipinski definition) is 2. The van der Waals surface area contributed by atoms with Crippen molar-refractivity contribution < 1.29 is 19.4 Å². The molecule has 38 heavy (non-hydrogen) atoms.